The van der Waals surface area contributed by atoms with Crippen LogP contribution in [-0.4, -0.2) is 22.4 Å². The van der Waals surface area contributed by atoms with Crippen molar-refractivity contribution in [1.29, 1.82) is 0 Å². The summed E-state index contributed by atoms with van der Waals surface area (Å²) in [7, 11) is 0. The van der Waals surface area contributed by atoms with Crippen LogP contribution in [0, 0.1) is 18.3 Å². The molecule has 1 fully saturated rings. The first-order valence-corrected chi connectivity index (χ1v) is 5.45. The second-order valence-corrected chi connectivity index (χ2v) is 4.29. The zero-order valence-corrected chi connectivity index (χ0v) is 9.94. The van der Waals surface area contributed by atoms with Crippen molar-refractivity contribution in [2.45, 2.75) is 6.42 Å². The number of terminal acetylenes is 1. The van der Waals surface area contributed by atoms with Crippen molar-refractivity contribution in [3.63, 3.8) is 0 Å². The first-order chi connectivity index (χ1) is 7.61. The van der Waals surface area contributed by atoms with Gasteiger partial charge in [-0.2, -0.15) is 0 Å². The Kier molecular flexibility index (Phi) is 2.79. The van der Waals surface area contributed by atoms with E-state index in [2.05, 4.69) is 31.8 Å². The predicted molar refractivity (Wildman–Crippen MR) is 63.4 cm³/mol. The highest BCUT2D eigenvalue weighted by molar-refractivity contribution is 9.10. The highest BCUT2D eigenvalue weighted by Crippen LogP contribution is 2.27. The number of anilines is 2. The molecule has 16 heavy (non-hydrogen) atoms. The third kappa shape index (κ3) is 1.86. The highest BCUT2D eigenvalue weighted by atomic mass is 79.9. The number of carbonyl (C=O) groups excluding carboxylic acids is 1. The van der Waals surface area contributed by atoms with Crippen molar-refractivity contribution in [2.24, 2.45) is 5.92 Å². The first-order valence-electron chi connectivity index (χ1n) is 4.66. The molecule has 0 saturated carbocycles. The third-order valence-corrected chi connectivity index (χ3v) is 2.75. The van der Waals surface area contributed by atoms with Crippen LogP contribution in [-0.2, 0) is 4.79 Å². The van der Waals surface area contributed by atoms with Crippen LogP contribution in [0.25, 0.3) is 0 Å². The summed E-state index contributed by atoms with van der Waals surface area (Å²) in [6, 6.07) is 0. The summed E-state index contributed by atoms with van der Waals surface area (Å²) in [4.78, 5) is 21.2. The van der Waals surface area contributed by atoms with Crippen LogP contribution in [0.2, 0.25) is 0 Å². The number of hydrogen-bond donors (Lipinski definition) is 1. The fraction of sp³-hybridized carbons (Fsp3) is 0.300. The molecule has 0 radical (unpaired) electrons. The molecule has 1 atom stereocenters. The van der Waals surface area contributed by atoms with Crippen LogP contribution in [0.5, 0.6) is 0 Å². The minimum Gasteiger partial charge on any atom is -0.381 e. The minimum absolute atomic E-state index is 0.0636. The summed E-state index contributed by atoms with van der Waals surface area (Å²) < 4.78 is 0.536. The monoisotopic (exact) mass is 280 g/mol. The molecule has 6 heteroatoms. The van der Waals surface area contributed by atoms with Gasteiger partial charge in [0.1, 0.15) is 4.60 Å². The number of carbonyl (C=O) groups is 1. The molecule has 1 aliphatic heterocycles. The van der Waals surface area contributed by atoms with Gasteiger partial charge in [-0.1, -0.05) is 0 Å². The molecule has 1 aromatic rings. The van der Waals surface area contributed by atoms with Crippen LogP contribution in [0.4, 0.5) is 11.6 Å². The Balaban J connectivity index is 2.32. The molecule has 5 nitrogen and oxygen atoms in total. The molecule has 0 aromatic carbocycles. The maximum absolute atomic E-state index is 11.7. The molecule has 0 aliphatic carbocycles. The second-order valence-electron chi connectivity index (χ2n) is 3.47. The van der Waals surface area contributed by atoms with Crippen molar-refractivity contribution < 1.29 is 4.79 Å². The van der Waals surface area contributed by atoms with E-state index in [-0.39, 0.29) is 17.6 Å². The lowest BCUT2D eigenvalue weighted by Crippen LogP contribution is -2.26. The largest absolute Gasteiger partial charge is 0.381 e. The van der Waals surface area contributed by atoms with Crippen molar-refractivity contribution in [1.82, 2.24) is 9.97 Å². The molecule has 0 spiro atoms. The normalized spacial score (nSPS) is 19.9. The van der Waals surface area contributed by atoms with Crippen LogP contribution in [0.1, 0.15) is 6.42 Å². The highest BCUT2D eigenvalue weighted by Gasteiger charge is 2.31. The van der Waals surface area contributed by atoms with Crippen molar-refractivity contribution in [3.8, 4) is 12.3 Å². The zero-order valence-electron chi connectivity index (χ0n) is 8.35. The average molecular weight is 281 g/mol. The number of rotatable bonds is 1. The van der Waals surface area contributed by atoms with E-state index in [1.54, 1.807) is 0 Å². The van der Waals surface area contributed by atoms with Crippen molar-refractivity contribution in [3.05, 3.63) is 10.8 Å². The molecular weight excluding hydrogens is 272 g/mol. The number of hydrogen-bond acceptors (Lipinski definition) is 4. The molecule has 1 aromatic heterocycles. The standard InChI is InChI=1S/C10H9BrN4O/c1-2-6-3-8(16)15(5-6)10-9(12)14-7(11)4-13-10/h1,4,6H,3,5H2,(H2,12,14). The zero-order chi connectivity index (χ0) is 11.7. The van der Waals surface area contributed by atoms with E-state index in [0.29, 0.717) is 23.4 Å². The molecule has 2 rings (SSSR count). The van der Waals surface area contributed by atoms with E-state index in [1.807, 2.05) is 0 Å². The van der Waals surface area contributed by atoms with Crippen molar-refractivity contribution >= 4 is 33.5 Å². The number of nitrogens with zero attached hydrogens (tertiary/aromatic N) is 3. The van der Waals surface area contributed by atoms with Crippen LogP contribution in [0.15, 0.2) is 10.8 Å². The van der Waals surface area contributed by atoms with Gasteiger partial charge in [-0.25, -0.2) is 9.97 Å². The van der Waals surface area contributed by atoms with Gasteiger partial charge in [0, 0.05) is 18.9 Å². The van der Waals surface area contributed by atoms with E-state index in [1.165, 1.54) is 11.1 Å². The summed E-state index contributed by atoms with van der Waals surface area (Å²) >= 11 is 3.16. The lowest BCUT2D eigenvalue weighted by molar-refractivity contribution is -0.117. The number of nitrogens with two attached hydrogens (primary N) is 1. The van der Waals surface area contributed by atoms with Crippen molar-refractivity contribution in [2.75, 3.05) is 17.2 Å². The van der Waals surface area contributed by atoms with Gasteiger partial charge < -0.3 is 5.73 Å². The number of halogens is 1. The maximum atomic E-state index is 11.7. The molecule has 2 N–H and O–H groups in total. The molecule has 1 saturated heterocycles. The van der Waals surface area contributed by atoms with Crippen LogP contribution >= 0.6 is 15.9 Å². The van der Waals surface area contributed by atoms with Gasteiger partial charge in [-0.05, 0) is 15.9 Å². The van der Waals surface area contributed by atoms with Gasteiger partial charge in [0.25, 0.3) is 0 Å². The molecule has 82 valence electrons. The average Bonchev–Trinajstić information content (AvgIpc) is 2.60. The van der Waals surface area contributed by atoms with Gasteiger partial charge >= 0.3 is 0 Å². The first kappa shape index (κ1) is 10.9. The summed E-state index contributed by atoms with van der Waals surface area (Å²) in [5.74, 6) is 3.03. The second kappa shape index (κ2) is 4.10. The Morgan fingerprint density at radius 2 is 2.44 bits per heavy atom. The van der Waals surface area contributed by atoms with E-state index in [0.717, 1.165) is 0 Å². The van der Waals surface area contributed by atoms with Gasteiger partial charge in [0.2, 0.25) is 5.91 Å². The Hall–Kier alpha value is -1.61. The molecule has 0 bridgehead atoms. The summed E-state index contributed by atoms with van der Waals surface area (Å²) in [5, 5.41) is 0. The summed E-state index contributed by atoms with van der Waals surface area (Å²) in [6.07, 6.45) is 7.14. The lowest BCUT2D eigenvalue weighted by atomic mass is 10.1. The van der Waals surface area contributed by atoms with Gasteiger partial charge in [-0.15, -0.1) is 12.3 Å². The summed E-state index contributed by atoms with van der Waals surface area (Å²) in [5.41, 5.74) is 5.70. The lowest BCUT2D eigenvalue weighted by Gasteiger charge is -2.15. The maximum Gasteiger partial charge on any atom is 0.229 e. The quantitative estimate of drug-likeness (QED) is 0.773. The molecule has 1 unspecified atom stereocenters. The van der Waals surface area contributed by atoms with Crippen LogP contribution < -0.4 is 10.6 Å². The Labute approximate surface area is 101 Å². The van der Waals surface area contributed by atoms with Crippen LogP contribution in [0.3, 0.4) is 0 Å². The van der Waals surface area contributed by atoms with E-state index in [4.69, 9.17) is 12.2 Å². The van der Waals surface area contributed by atoms with Gasteiger partial charge in [0.15, 0.2) is 11.6 Å². The Morgan fingerprint density at radius 1 is 1.69 bits per heavy atom. The van der Waals surface area contributed by atoms with Gasteiger partial charge in [0.05, 0.1) is 6.20 Å². The number of amides is 1. The van der Waals surface area contributed by atoms with E-state index in [9.17, 15) is 4.79 Å². The Bertz CT molecular complexity index is 482. The predicted octanol–water partition coefficient (Wildman–Crippen LogP) is 0.807. The Morgan fingerprint density at radius 3 is 3.00 bits per heavy atom. The summed E-state index contributed by atoms with van der Waals surface area (Å²) in [6.45, 7) is 0.454. The number of nitrogen functional groups attached to an aromatic ring is 1. The topological polar surface area (TPSA) is 72.1 Å². The van der Waals surface area contributed by atoms with E-state index >= 15 is 0 Å². The molecule has 1 amide bonds. The fourth-order valence-electron chi connectivity index (χ4n) is 1.61. The van der Waals surface area contributed by atoms with E-state index < -0.39 is 0 Å². The molecule has 2 heterocycles. The third-order valence-electron chi connectivity index (χ3n) is 2.37. The van der Waals surface area contributed by atoms with Gasteiger partial charge in [-0.3, -0.25) is 9.69 Å². The SMILES string of the molecule is C#CC1CC(=O)N(c2ncc(Br)nc2N)C1. The molecular formula is C10H9BrN4O. The number of aromatic nitrogens is 2. The smallest absolute Gasteiger partial charge is 0.229 e. The minimum atomic E-state index is -0.0719. The molecule has 1 aliphatic rings. The fourth-order valence-corrected chi connectivity index (χ4v) is 1.90.